The van der Waals surface area contributed by atoms with Gasteiger partial charge in [0.15, 0.2) is 0 Å². The summed E-state index contributed by atoms with van der Waals surface area (Å²) in [5.41, 5.74) is 1.21. The highest BCUT2D eigenvalue weighted by Crippen LogP contribution is 2.40. The molecule has 84 heavy (non-hydrogen) atoms. The number of carbonyl (C=O) groups excluding carboxylic acids is 3. The second-order valence-electron chi connectivity index (χ2n) is 22.0. The van der Waals surface area contributed by atoms with E-state index in [0.717, 1.165) is 88.7 Å². The normalized spacial score (nSPS) is 11.0. The fourth-order valence-electron chi connectivity index (χ4n) is 10.2. The minimum Gasteiger partial charge on any atom is -0.496 e. The van der Waals surface area contributed by atoms with Crippen LogP contribution in [0.25, 0.3) is 0 Å². The van der Waals surface area contributed by atoms with E-state index in [4.69, 9.17) is 33.2 Å². The predicted octanol–water partition coefficient (Wildman–Crippen LogP) is 18.6. The lowest BCUT2D eigenvalue weighted by atomic mass is 10.1. The lowest BCUT2D eigenvalue weighted by Gasteiger charge is -2.20. The van der Waals surface area contributed by atoms with Crippen molar-refractivity contribution in [2.45, 2.75) is 220 Å². The van der Waals surface area contributed by atoms with E-state index in [1.54, 1.807) is 18.2 Å². The first-order valence-electron chi connectivity index (χ1n) is 31.7. The minimum atomic E-state index is -0.754. The van der Waals surface area contributed by atoms with E-state index in [1.165, 1.54) is 168 Å². The number of nitro benzene ring substituents is 1. The second-order valence-corrected chi connectivity index (χ2v) is 22.0. The Morgan fingerprint density at radius 1 is 0.369 bits per heavy atom. The quantitative estimate of drug-likeness (QED) is 0.0215. The van der Waals surface area contributed by atoms with Gasteiger partial charge in [0, 0.05) is 24.3 Å². The molecule has 3 amide bonds. The molecule has 466 valence electrons. The minimum absolute atomic E-state index is 0.000264. The van der Waals surface area contributed by atoms with E-state index in [2.05, 4.69) is 36.7 Å². The van der Waals surface area contributed by atoms with E-state index in [9.17, 15) is 24.5 Å². The Kier molecular flexibility index (Phi) is 34.3. The van der Waals surface area contributed by atoms with Crippen molar-refractivity contribution in [2.24, 2.45) is 0 Å². The highest BCUT2D eigenvalue weighted by molar-refractivity contribution is 6.12. The summed E-state index contributed by atoms with van der Waals surface area (Å²) in [6, 6.07) is 14.0. The Labute approximate surface area is 502 Å². The van der Waals surface area contributed by atoms with Gasteiger partial charge in [-0.25, -0.2) is 0 Å². The number of rotatable bonds is 47. The van der Waals surface area contributed by atoms with Gasteiger partial charge in [-0.2, -0.15) is 0 Å². The van der Waals surface area contributed by atoms with Crippen LogP contribution in [0.5, 0.6) is 40.2 Å². The average molecular weight is 1170 g/mol. The van der Waals surface area contributed by atoms with Crippen molar-refractivity contribution < 1.29 is 52.5 Å². The summed E-state index contributed by atoms with van der Waals surface area (Å²) < 4.78 is 41.6. The van der Waals surface area contributed by atoms with Gasteiger partial charge in [0.25, 0.3) is 17.7 Å². The number of amides is 3. The zero-order valence-corrected chi connectivity index (χ0v) is 52.4. The van der Waals surface area contributed by atoms with Gasteiger partial charge in [-0.05, 0) is 56.0 Å². The molecule has 0 saturated heterocycles. The van der Waals surface area contributed by atoms with Crippen molar-refractivity contribution in [3.8, 4) is 40.2 Å². The number of aryl methyl sites for hydroxylation is 1. The molecule has 0 aliphatic rings. The summed E-state index contributed by atoms with van der Waals surface area (Å²) in [4.78, 5) is 55.5. The van der Waals surface area contributed by atoms with Crippen LogP contribution in [0, 0.1) is 17.0 Å². The van der Waals surface area contributed by atoms with E-state index < -0.39 is 28.3 Å². The van der Waals surface area contributed by atoms with Crippen molar-refractivity contribution in [2.75, 3.05) is 64.2 Å². The molecule has 0 saturated carbocycles. The van der Waals surface area contributed by atoms with Crippen LogP contribution in [-0.4, -0.2) is 70.9 Å². The number of nitrogens with one attached hydrogen (secondary N) is 3. The Balaban J connectivity index is 1.65. The zero-order chi connectivity index (χ0) is 60.7. The van der Waals surface area contributed by atoms with E-state index in [-0.39, 0.29) is 69.2 Å². The van der Waals surface area contributed by atoms with Crippen molar-refractivity contribution in [1.29, 1.82) is 0 Å². The molecule has 4 aromatic carbocycles. The molecule has 0 aliphatic heterocycles. The maximum absolute atomic E-state index is 14.8. The van der Waals surface area contributed by atoms with Crippen molar-refractivity contribution in [3.63, 3.8) is 0 Å². The fraction of sp³-hybridized carbons (Fsp3) is 0.603. The molecule has 0 bridgehead atoms. The van der Waals surface area contributed by atoms with Crippen LogP contribution in [-0.2, 0) is 0 Å². The number of ether oxygens (including phenoxy) is 7. The third kappa shape index (κ3) is 24.9. The third-order valence-electron chi connectivity index (χ3n) is 15.2. The molecule has 4 aromatic rings. The highest BCUT2D eigenvalue weighted by Gasteiger charge is 2.27. The molecular formula is C68H102N4O12. The first kappa shape index (κ1) is 69.8. The number of nitrogens with zero attached hydrogens (tertiary/aromatic N) is 1. The number of nitro groups is 1. The van der Waals surface area contributed by atoms with Crippen LogP contribution < -0.4 is 49.1 Å². The largest absolute Gasteiger partial charge is 0.496 e. The number of anilines is 3. The molecule has 0 heterocycles. The molecule has 0 atom stereocenters. The van der Waals surface area contributed by atoms with Crippen molar-refractivity contribution in [3.05, 3.63) is 87.0 Å². The molecule has 0 fully saturated rings. The van der Waals surface area contributed by atoms with Gasteiger partial charge in [0.05, 0.1) is 86.9 Å². The van der Waals surface area contributed by atoms with Crippen molar-refractivity contribution in [1.82, 2.24) is 0 Å². The zero-order valence-electron chi connectivity index (χ0n) is 52.4. The Morgan fingerprint density at radius 2 is 0.655 bits per heavy atom. The lowest BCUT2D eigenvalue weighted by molar-refractivity contribution is -0.385. The number of unbranched alkanes of at least 4 members (excludes halogenated alkanes) is 27. The summed E-state index contributed by atoms with van der Waals surface area (Å²) in [7, 11) is 5.79. The maximum atomic E-state index is 14.8. The van der Waals surface area contributed by atoms with Crippen molar-refractivity contribution >= 4 is 40.5 Å². The number of benzene rings is 4. The maximum Gasteiger partial charge on any atom is 0.312 e. The molecule has 0 radical (unpaired) electrons. The van der Waals surface area contributed by atoms with Crippen LogP contribution in [0.4, 0.5) is 22.7 Å². The average Bonchev–Trinajstić information content (AvgIpc) is 2.47. The van der Waals surface area contributed by atoms with Gasteiger partial charge < -0.3 is 49.1 Å². The predicted molar refractivity (Wildman–Crippen MR) is 339 cm³/mol. The second kappa shape index (κ2) is 41.3. The molecule has 0 aromatic heterocycles. The van der Waals surface area contributed by atoms with Gasteiger partial charge in [-0.3, -0.25) is 24.5 Å². The first-order valence-corrected chi connectivity index (χ1v) is 31.7. The highest BCUT2D eigenvalue weighted by atomic mass is 16.6. The first-order chi connectivity index (χ1) is 40.9. The standard InChI is InChI=1S/C68H102N4O12/c1-9-12-15-18-21-24-27-30-33-36-41-82-63-48-60(79-6)52(66(73)69-55-44-51(4)39-40-59(55)78-5)45-56(63)70-67(74)53-46-57(64(49-61(53)80-7)83-42-37-34-31-28-25-22-19-16-13-10-2)71-68(75)54-47-58(72(76)77)65(50-62(54)81-8)84-43-38-35-32-29-26-23-20-17-14-11-3/h39-40,44-50H,9-38,41-43H2,1-8H3,(H,69,73)(H,70,74)(H,71,75). The van der Waals surface area contributed by atoms with Gasteiger partial charge in [0.1, 0.15) is 34.5 Å². The Morgan fingerprint density at radius 3 is 0.976 bits per heavy atom. The SMILES string of the molecule is CCCCCCCCCCCCOc1cc(OC)c(C(=O)Nc2cc(C)ccc2OC)cc1NC(=O)c1cc(NC(=O)c2cc([N+](=O)[O-])c(OCCCCCCCCCCCC)cc2OC)c(OCCCCCCCCCCCC)cc1OC. The summed E-state index contributed by atoms with van der Waals surface area (Å²) >= 11 is 0. The van der Waals surface area contributed by atoms with Crippen LogP contribution in [0.3, 0.4) is 0 Å². The van der Waals surface area contributed by atoms with Gasteiger partial charge in [-0.1, -0.05) is 200 Å². The molecule has 16 nitrogen and oxygen atoms in total. The van der Waals surface area contributed by atoms with Crippen LogP contribution in [0.15, 0.2) is 54.6 Å². The van der Waals surface area contributed by atoms with E-state index in [1.807, 2.05) is 13.0 Å². The van der Waals surface area contributed by atoms with Crippen LogP contribution in [0.1, 0.15) is 250 Å². The molecule has 16 heteroatoms. The van der Waals surface area contributed by atoms with E-state index >= 15 is 0 Å². The third-order valence-corrected chi connectivity index (χ3v) is 15.2. The monoisotopic (exact) mass is 1170 g/mol. The molecule has 0 unspecified atom stereocenters. The Hall–Kier alpha value is -6.71. The van der Waals surface area contributed by atoms with Gasteiger partial charge in [-0.15, -0.1) is 0 Å². The molecule has 4 rings (SSSR count). The topological polar surface area (TPSA) is 195 Å². The Bertz CT molecular complexity index is 2590. The number of carbonyl (C=O) groups is 3. The number of hydrogen-bond acceptors (Lipinski definition) is 12. The summed E-state index contributed by atoms with van der Waals surface area (Å²) in [6.07, 6.45) is 34.1. The molecule has 3 N–H and O–H groups in total. The summed E-state index contributed by atoms with van der Waals surface area (Å²) in [6.45, 7) is 9.48. The number of hydrogen-bond donors (Lipinski definition) is 3. The summed E-state index contributed by atoms with van der Waals surface area (Å²) in [5, 5.41) is 21.4. The smallest absolute Gasteiger partial charge is 0.312 e. The van der Waals surface area contributed by atoms with Crippen LogP contribution in [0.2, 0.25) is 0 Å². The van der Waals surface area contributed by atoms with Gasteiger partial charge >= 0.3 is 5.69 Å². The summed E-state index contributed by atoms with van der Waals surface area (Å²) in [5.74, 6) is -0.601. The fourth-order valence-corrected chi connectivity index (χ4v) is 10.2. The number of methoxy groups -OCH3 is 4. The lowest BCUT2D eigenvalue weighted by Crippen LogP contribution is -2.19. The molecule has 0 aliphatic carbocycles. The van der Waals surface area contributed by atoms with Gasteiger partial charge in [0.2, 0.25) is 5.75 Å². The van der Waals surface area contributed by atoms with Crippen LogP contribution >= 0.6 is 0 Å². The van der Waals surface area contributed by atoms with E-state index in [0.29, 0.717) is 24.7 Å². The molecular weight excluding hydrogens is 1060 g/mol. The molecule has 0 spiro atoms.